The molecule has 0 radical (unpaired) electrons. The fourth-order valence-electron chi connectivity index (χ4n) is 1.54. The van der Waals surface area contributed by atoms with E-state index < -0.39 is 5.82 Å². The molecule has 4 nitrogen and oxygen atoms in total. The maximum atomic E-state index is 13.7. The van der Waals surface area contributed by atoms with Gasteiger partial charge in [0, 0.05) is 24.4 Å². The normalized spacial score (nSPS) is 10.1. The Balaban J connectivity index is 2.59. The second-order valence-corrected chi connectivity index (χ2v) is 4.89. The van der Waals surface area contributed by atoms with E-state index in [1.54, 1.807) is 6.07 Å². The number of nitrogens with zero attached hydrogens (tertiary/aromatic N) is 1. The van der Waals surface area contributed by atoms with Gasteiger partial charge in [-0.2, -0.15) is 0 Å². The Labute approximate surface area is 119 Å². The topological polar surface area (TPSA) is 46.6 Å². The van der Waals surface area contributed by atoms with E-state index in [9.17, 15) is 14.0 Å². The number of hydrogen-bond acceptors (Lipinski definition) is 3. The molecule has 0 aromatic heterocycles. The summed E-state index contributed by atoms with van der Waals surface area (Å²) in [7, 11) is 2.81. The van der Waals surface area contributed by atoms with Crippen LogP contribution in [0.2, 0.25) is 0 Å². The highest BCUT2D eigenvalue weighted by Gasteiger charge is 2.15. The standard InChI is InChI=1S/C13H15BrFNO3/c1-16(11-7-6-9(14)8-10(11)15)12(17)4-3-5-13(18)19-2/h6-8H,3-5H2,1-2H3. The van der Waals surface area contributed by atoms with Gasteiger partial charge in [0.2, 0.25) is 5.91 Å². The van der Waals surface area contributed by atoms with Crippen LogP contribution in [0.4, 0.5) is 10.1 Å². The summed E-state index contributed by atoms with van der Waals surface area (Å²) in [4.78, 5) is 24.0. The van der Waals surface area contributed by atoms with E-state index in [-0.39, 0.29) is 30.4 Å². The first-order valence-electron chi connectivity index (χ1n) is 5.74. The van der Waals surface area contributed by atoms with Gasteiger partial charge in [-0.15, -0.1) is 0 Å². The van der Waals surface area contributed by atoms with Gasteiger partial charge in [0.15, 0.2) is 0 Å². The molecule has 0 heterocycles. The molecule has 0 bridgehead atoms. The predicted molar refractivity (Wildman–Crippen MR) is 73.4 cm³/mol. The zero-order valence-corrected chi connectivity index (χ0v) is 12.4. The molecule has 0 unspecified atom stereocenters. The van der Waals surface area contributed by atoms with E-state index in [1.807, 2.05) is 0 Å². The summed E-state index contributed by atoms with van der Waals surface area (Å²) in [6.07, 6.45) is 0.730. The second kappa shape index (κ2) is 7.23. The number of esters is 1. The van der Waals surface area contributed by atoms with Gasteiger partial charge in [0.05, 0.1) is 12.8 Å². The van der Waals surface area contributed by atoms with Crippen LogP contribution < -0.4 is 4.90 Å². The molecule has 0 aliphatic carbocycles. The lowest BCUT2D eigenvalue weighted by atomic mass is 10.2. The molecule has 0 aliphatic rings. The minimum absolute atomic E-state index is 0.168. The van der Waals surface area contributed by atoms with Crippen LogP contribution in [0.25, 0.3) is 0 Å². The maximum Gasteiger partial charge on any atom is 0.305 e. The molecule has 0 N–H and O–H groups in total. The van der Waals surface area contributed by atoms with Gasteiger partial charge in [0.1, 0.15) is 5.82 Å². The van der Waals surface area contributed by atoms with E-state index in [2.05, 4.69) is 20.7 Å². The molecular formula is C13H15BrFNO3. The summed E-state index contributed by atoms with van der Waals surface area (Å²) in [6, 6.07) is 4.49. The quantitative estimate of drug-likeness (QED) is 0.779. The van der Waals surface area contributed by atoms with Crippen molar-refractivity contribution in [2.24, 2.45) is 0 Å². The van der Waals surface area contributed by atoms with Crippen LogP contribution in [0.15, 0.2) is 22.7 Å². The SMILES string of the molecule is COC(=O)CCCC(=O)N(C)c1ccc(Br)cc1F. The highest BCUT2D eigenvalue weighted by Crippen LogP contribution is 2.23. The number of rotatable bonds is 5. The van der Waals surface area contributed by atoms with Crippen LogP contribution in [0, 0.1) is 5.82 Å². The summed E-state index contributed by atoms with van der Waals surface area (Å²) < 4.78 is 18.8. The van der Waals surface area contributed by atoms with Crippen molar-refractivity contribution in [1.82, 2.24) is 0 Å². The number of carbonyl (C=O) groups is 2. The molecule has 0 saturated carbocycles. The summed E-state index contributed by atoms with van der Waals surface area (Å²) >= 11 is 3.15. The van der Waals surface area contributed by atoms with E-state index in [1.165, 1.54) is 31.2 Å². The number of methoxy groups -OCH3 is 1. The molecule has 0 saturated heterocycles. The summed E-state index contributed by atoms with van der Waals surface area (Å²) in [5.74, 6) is -1.08. The third-order valence-electron chi connectivity index (χ3n) is 2.64. The Kier molecular flexibility index (Phi) is 5.95. The minimum Gasteiger partial charge on any atom is -0.469 e. The highest BCUT2D eigenvalue weighted by atomic mass is 79.9. The van der Waals surface area contributed by atoms with Gasteiger partial charge in [0.25, 0.3) is 0 Å². The second-order valence-electron chi connectivity index (χ2n) is 3.98. The molecule has 104 valence electrons. The lowest BCUT2D eigenvalue weighted by Gasteiger charge is -2.18. The summed E-state index contributed by atoms with van der Waals surface area (Å²) in [5.41, 5.74) is 0.214. The zero-order chi connectivity index (χ0) is 14.4. The van der Waals surface area contributed by atoms with Crippen molar-refractivity contribution in [3.8, 4) is 0 Å². The number of anilines is 1. The predicted octanol–water partition coefficient (Wildman–Crippen LogP) is 2.89. The van der Waals surface area contributed by atoms with Crippen molar-refractivity contribution < 1.29 is 18.7 Å². The molecule has 6 heteroatoms. The van der Waals surface area contributed by atoms with E-state index >= 15 is 0 Å². The molecule has 0 spiro atoms. The molecular weight excluding hydrogens is 317 g/mol. The summed E-state index contributed by atoms with van der Waals surface area (Å²) in [6.45, 7) is 0. The van der Waals surface area contributed by atoms with Gasteiger partial charge in [-0.05, 0) is 24.6 Å². The molecule has 0 fully saturated rings. The number of carbonyl (C=O) groups excluding carboxylic acids is 2. The molecule has 1 aromatic rings. The number of halogens is 2. The third-order valence-corrected chi connectivity index (χ3v) is 3.14. The lowest BCUT2D eigenvalue weighted by Crippen LogP contribution is -2.26. The first-order chi connectivity index (χ1) is 8.95. The zero-order valence-electron chi connectivity index (χ0n) is 10.8. The minimum atomic E-state index is -0.474. The number of amides is 1. The Morgan fingerprint density at radius 3 is 2.63 bits per heavy atom. The monoisotopic (exact) mass is 331 g/mol. The van der Waals surface area contributed by atoms with Crippen LogP contribution in [0.5, 0.6) is 0 Å². The number of hydrogen-bond donors (Lipinski definition) is 0. The third kappa shape index (κ3) is 4.63. The molecule has 1 aromatic carbocycles. The van der Waals surface area contributed by atoms with Crippen molar-refractivity contribution in [1.29, 1.82) is 0 Å². The van der Waals surface area contributed by atoms with Crippen LogP contribution in [0.1, 0.15) is 19.3 Å². The molecule has 0 atom stereocenters. The van der Waals surface area contributed by atoms with E-state index in [0.717, 1.165) is 0 Å². The Hall–Kier alpha value is -1.43. The average Bonchev–Trinajstić information content (AvgIpc) is 2.37. The molecule has 1 rings (SSSR count). The first-order valence-corrected chi connectivity index (χ1v) is 6.53. The number of ether oxygens (including phenoxy) is 1. The van der Waals surface area contributed by atoms with Gasteiger partial charge < -0.3 is 9.64 Å². The van der Waals surface area contributed by atoms with Crippen LogP contribution in [-0.4, -0.2) is 26.0 Å². The fraction of sp³-hybridized carbons (Fsp3) is 0.385. The highest BCUT2D eigenvalue weighted by molar-refractivity contribution is 9.10. The largest absolute Gasteiger partial charge is 0.469 e. The van der Waals surface area contributed by atoms with Gasteiger partial charge in [-0.1, -0.05) is 15.9 Å². The fourth-order valence-corrected chi connectivity index (χ4v) is 1.87. The van der Waals surface area contributed by atoms with E-state index in [0.29, 0.717) is 10.9 Å². The Morgan fingerprint density at radius 2 is 2.05 bits per heavy atom. The van der Waals surface area contributed by atoms with Crippen LogP contribution in [0.3, 0.4) is 0 Å². The first kappa shape index (κ1) is 15.6. The van der Waals surface area contributed by atoms with Gasteiger partial charge in [-0.3, -0.25) is 9.59 Å². The van der Waals surface area contributed by atoms with Crippen LogP contribution >= 0.6 is 15.9 Å². The van der Waals surface area contributed by atoms with Crippen molar-refractivity contribution in [3.05, 3.63) is 28.5 Å². The average molecular weight is 332 g/mol. The van der Waals surface area contributed by atoms with Crippen molar-refractivity contribution in [2.75, 3.05) is 19.1 Å². The molecule has 1 amide bonds. The Bertz CT molecular complexity index is 479. The van der Waals surface area contributed by atoms with Crippen molar-refractivity contribution >= 4 is 33.5 Å². The van der Waals surface area contributed by atoms with Crippen molar-refractivity contribution in [3.63, 3.8) is 0 Å². The Morgan fingerprint density at radius 1 is 1.37 bits per heavy atom. The van der Waals surface area contributed by atoms with Crippen molar-refractivity contribution in [2.45, 2.75) is 19.3 Å². The lowest BCUT2D eigenvalue weighted by molar-refractivity contribution is -0.140. The maximum absolute atomic E-state index is 13.7. The van der Waals surface area contributed by atoms with Gasteiger partial charge >= 0.3 is 5.97 Å². The summed E-state index contributed by atoms with van der Waals surface area (Å²) in [5, 5.41) is 0. The molecule has 0 aliphatic heterocycles. The van der Waals surface area contributed by atoms with E-state index in [4.69, 9.17) is 0 Å². The van der Waals surface area contributed by atoms with Crippen LogP contribution in [-0.2, 0) is 14.3 Å². The number of benzene rings is 1. The smallest absolute Gasteiger partial charge is 0.305 e. The van der Waals surface area contributed by atoms with Gasteiger partial charge in [-0.25, -0.2) is 4.39 Å². The molecule has 19 heavy (non-hydrogen) atoms.